The zero-order valence-electron chi connectivity index (χ0n) is 15.0. The van der Waals surface area contributed by atoms with E-state index in [0.717, 1.165) is 15.3 Å². The molecule has 1 atom stereocenters. The van der Waals surface area contributed by atoms with Gasteiger partial charge in [-0.15, -0.1) is 16.4 Å². The van der Waals surface area contributed by atoms with Crippen LogP contribution < -0.4 is 11.1 Å². The van der Waals surface area contributed by atoms with E-state index in [-0.39, 0.29) is 12.4 Å². The Morgan fingerprint density at radius 3 is 2.62 bits per heavy atom. The van der Waals surface area contributed by atoms with Crippen molar-refractivity contribution in [2.24, 2.45) is 0 Å². The lowest BCUT2D eigenvalue weighted by Crippen LogP contribution is -2.34. The Hall–Kier alpha value is -3.59. The first-order valence-electron chi connectivity index (χ1n) is 8.68. The van der Waals surface area contributed by atoms with Crippen molar-refractivity contribution >= 4 is 17.2 Å². The van der Waals surface area contributed by atoms with Gasteiger partial charge in [-0.3, -0.25) is 4.79 Å². The molecule has 2 heterocycles. The molecule has 2 aromatic heterocycles. The maximum Gasteiger partial charge on any atom is 0.437 e. The predicted octanol–water partition coefficient (Wildman–Crippen LogP) is 3.00. The Kier molecular flexibility index (Phi) is 5.30. The van der Waals surface area contributed by atoms with Gasteiger partial charge in [0.25, 0.3) is 0 Å². The highest BCUT2D eigenvalue weighted by Crippen LogP contribution is 2.23. The minimum absolute atomic E-state index is 0.0160. The van der Waals surface area contributed by atoms with Gasteiger partial charge in [-0.05, 0) is 29.8 Å². The van der Waals surface area contributed by atoms with E-state index in [1.54, 1.807) is 6.20 Å². The average molecular weight is 410 g/mol. The van der Waals surface area contributed by atoms with E-state index in [9.17, 15) is 14.0 Å². The first-order valence-corrected chi connectivity index (χ1v) is 9.56. The number of rotatable bonds is 6. The summed E-state index contributed by atoms with van der Waals surface area (Å²) in [5.74, 6) is -1.59. The highest BCUT2D eigenvalue weighted by Gasteiger charge is 2.21. The quantitative estimate of drug-likeness (QED) is 0.528. The van der Waals surface area contributed by atoms with Crippen molar-refractivity contribution in [3.63, 3.8) is 0 Å². The number of aromatic nitrogens is 3. The minimum atomic E-state index is -0.773. The molecule has 146 valence electrons. The second-order valence-electron chi connectivity index (χ2n) is 6.12. The molecule has 29 heavy (non-hydrogen) atoms. The van der Waals surface area contributed by atoms with Crippen molar-refractivity contribution < 1.29 is 13.6 Å². The van der Waals surface area contributed by atoms with Gasteiger partial charge in [0.1, 0.15) is 23.4 Å². The normalized spacial score (nSPS) is 11.9. The monoisotopic (exact) mass is 410 g/mol. The third-order valence-corrected chi connectivity index (χ3v) is 4.97. The van der Waals surface area contributed by atoms with E-state index >= 15 is 0 Å². The molecule has 4 rings (SSSR count). The number of hydrogen-bond donors (Lipinski definition) is 1. The van der Waals surface area contributed by atoms with Gasteiger partial charge in [0.15, 0.2) is 0 Å². The standard InChI is InChI=1S/C20H15FN4O3S/c21-15-8-6-14(7-9-15)18-24-25(20(27)28-18)12-16(26)23-17(19-22-10-11-29-19)13-4-2-1-3-5-13/h1-11,17H,12H2,(H,23,26). The van der Waals surface area contributed by atoms with Crippen molar-refractivity contribution in [3.8, 4) is 11.5 Å². The van der Waals surface area contributed by atoms with Crippen LogP contribution in [0.3, 0.4) is 0 Å². The molecule has 0 saturated heterocycles. The smallest absolute Gasteiger partial charge is 0.388 e. The lowest BCUT2D eigenvalue weighted by Gasteiger charge is -2.16. The number of halogens is 1. The molecule has 0 aliphatic carbocycles. The molecule has 0 aliphatic rings. The van der Waals surface area contributed by atoms with Crippen LogP contribution in [0.1, 0.15) is 16.6 Å². The summed E-state index contributed by atoms with van der Waals surface area (Å²) in [5.41, 5.74) is 1.31. The lowest BCUT2D eigenvalue weighted by atomic mass is 10.1. The van der Waals surface area contributed by atoms with Gasteiger partial charge in [0, 0.05) is 17.1 Å². The molecule has 0 fully saturated rings. The summed E-state index contributed by atoms with van der Waals surface area (Å²) in [6, 6.07) is 14.3. The first-order chi connectivity index (χ1) is 14.1. The second-order valence-corrected chi connectivity index (χ2v) is 7.05. The van der Waals surface area contributed by atoms with Crippen LogP contribution in [0.2, 0.25) is 0 Å². The molecule has 2 aromatic carbocycles. The van der Waals surface area contributed by atoms with Gasteiger partial charge in [0.2, 0.25) is 11.8 Å². The molecule has 1 unspecified atom stereocenters. The van der Waals surface area contributed by atoms with Crippen LogP contribution in [-0.4, -0.2) is 20.7 Å². The van der Waals surface area contributed by atoms with Gasteiger partial charge in [-0.1, -0.05) is 30.3 Å². The zero-order valence-corrected chi connectivity index (χ0v) is 15.8. The van der Waals surface area contributed by atoms with Crippen LogP contribution in [0, 0.1) is 5.82 Å². The highest BCUT2D eigenvalue weighted by atomic mass is 32.1. The number of carbonyl (C=O) groups excluding carboxylic acids is 1. The molecule has 9 heteroatoms. The van der Waals surface area contributed by atoms with Crippen molar-refractivity contribution in [2.75, 3.05) is 0 Å². The van der Waals surface area contributed by atoms with Gasteiger partial charge in [-0.2, -0.15) is 4.68 Å². The number of thiazole rings is 1. The number of hydrogen-bond acceptors (Lipinski definition) is 6. The van der Waals surface area contributed by atoms with Crippen molar-refractivity contribution in [1.29, 1.82) is 0 Å². The molecule has 0 radical (unpaired) electrons. The average Bonchev–Trinajstić information content (AvgIpc) is 3.38. The van der Waals surface area contributed by atoms with E-state index in [2.05, 4.69) is 15.4 Å². The van der Waals surface area contributed by atoms with E-state index in [4.69, 9.17) is 4.42 Å². The number of benzene rings is 2. The molecule has 0 spiro atoms. The molecule has 0 aliphatic heterocycles. The molecule has 0 bridgehead atoms. The van der Waals surface area contributed by atoms with E-state index in [0.29, 0.717) is 5.56 Å². The van der Waals surface area contributed by atoms with Crippen LogP contribution in [-0.2, 0) is 11.3 Å². The SMILES string of the molecule is O=C(Cn1nc(-c2ccc(F)cc2)oc1=O)NC(c1ccccc1)c1nccs1. The minimum Gasteiger partial charge on any atom is -0.388 e. The van der Waals surface area contributed by atoms with Gasteiger partial charge >= 0.3 is 5.76 Å². The van der Waals surface area contributed by atoms with E-state index < -0.39 is 23.5 Å². The Bertz CT molecular complexity index is 1150. The molecule has 4 aromatic rings. The van der Waals surface area contributed by atoms with E-state index in [1.165, 1.54) is 35.6 Å². The maximum atomic E-state index is 13.1. The summed E-state index contributed by atoms with van der Waals surface area (Å²) >= 11 is 1.42. The Balaban J connectivity index is 1.53. The third-order valence-electron chi connectivity index (χ3n) is 4.13. The highest BCUT2D eigenvalue weighted by molar-refractivity contribution is 7.09. The Morgan fingerprint density at radius 2 is 1.93 bits per heavy atom. The molecule has 1 N–H and O–H groups in total. The van der Waals surface area contributed by atoms with Crippen LogP contribution in [0.5, 0.6) is 0 Å². The Morgan fingerprint density at radius 1 is 1.17 bits per heavy atom. The summed E-state index contributed by atoms with van der Waals surface area (Å²) < 4.78 is 19.1. The molecule has 1 amide bonds. The predicted molar refractivity (Wildman–Crippen MR) is 105 cm³/mol. The summed E-state index contributed by atoms with van der Waals surface area (Å²) in [6.07, 6.45) is 1.67. The van der Waals surface area contributed by atoms with Crippen molar-refractivity contribution in [1.82, 2.24) is 20.1 Å². The topological polar surface area (TPSA) is 90.0 Å². The second kappa shape index (κ2) is 8.19. The van der Waals surface area contributed by atoms with Crippen LogP contribution in [0.25, 0.3) is 11.5 Å². The fourth-order valence-corrected chi connectivity index (χ4v) is 3.48. The summed E-state index contributed by atoms with van der Waals surface area (Å²) in [6.45, 7) is -0.321. The van der Waals surface area contributed by atoms with Crippen molar-refractivity contribution in [3.05, 3.63) is 93.1 Å². The van der Waals surface area contributed by atoms with Gasteiger partial charge < -0.3 is 9.73 Å². The van der Waals surface area contributed by atoms with Crippen LogP contribution in [0.4, 0.5) is 4.39 Å². The van der Waals surface area contributed by atoms with Crippen molar-refractivity contribution in [2.45, 2.75) is 12.6 Å². The first kappa shape index (κ1) is 18.8. The zero-order chi connectivity index (χ0) is 20.2. The largest absolute Gasteiger partial charge is 0.437 e. The molecule has 0 saturated carbocycles. The molecular formula is C20H15FN4O3S. The lowest BCUT2D eigenvalue weighted by molar-refractivity contribution is -0.122. The number of nitrogens with one attached hydrogen (secondary N) is 1. The summed E-state index contributed by atoms with van der Waals surface area (Å²) in [5, 5.41) is 9.47. The number of carbonyl (C=O) groups is 1. The summed E-state index contributed by atoms with van der Waals surface area (Å²) in [4.78, 5) is 29.0. The molecular weight excluding hydrogens is 395 g/mol. The fourth-order valence-electron chi connectivity index (χ4n) is 2.77. The number of amides is 1. The summed E-state index contributed by atoms with van der Waals surface area (Å²) in [7, 11) is 0. The third kappa shape index (κ3) is 4.30. The van der Waals surface area contributed by atoms with E-state index in [1.807, 2.05) is 35.7 Å². The Labute approximate surface area is 168 Å². The number of nitrogens with zero attached hydrogens (tertiary/aromatic N) is 3. The maximum absolute atomic E-state index is 13.1. The van der Waals surface area contributed by atoms with Crippen LogP contribution in [0.15, 0.2) is 75.4 Å². The fraction of sp³-hybridized carbons (Fsp3) is 0.100. The van der Waals surface area contributed by atoms with Crippen LogP contribution >= 0.6 is 11.3 Å². The van der Waals surface area contributed by atoms with Gasteiger partial charge in [0.05, 0.1) is 0 Å². The molecule has 7 nitrogen and oxygen atoms in total. The van der Waals surface area contributed by atoms with Gasteiger partial charge in [-0.25, -0.2) is 14.2 Å².